The van der Waals surface area contributed by atoms with Gasteiger partial charge in [0.05, 0.1) is 5.60 Å². The number of aliphatic hydroxyl groups is 1. The molecule has 0 aromatic heterocycles. The third-order valence-corrected chi connectivity index (χ3v) is 4.95. The molecule has 1 heterocycles. The fourth-order valence-corrected chi connectivity index (χ4v) is 2.86. The van der Waals surface area contributed by atoms with Gasteiger partial charge in [-0.05, 0) is 31.1 Å². The molecule has 0 saturated carbocycles. The van der Waals surface area contributed by atoms with Crippen molar-refractivity contribution in [3.05, 3.63) is 0 Å². The van der Waals surface area contributed by atoms with Gasteiger partial charge in [0.25, 0.3) is 0 Å². The molecule has 0 aromatic rings. The number of carbonyl (C=O) groups is 1. The summed E-state index contributed by atoms with van der Waals surface area (Å²) in [5.74, 6) is 0.561. The summed E-state index contributed by atoms with van der Waals surface area (Å²) in [4.78, 5) is 14.2. The second-order valence-electron chi connectivity index (χ2n) is 8.44. The molecule has 1 aliphatic rings. The van der Waals surface area contributed by atoms with Crippen molar-refractivity contribution in [2.24, 2.45) is 11.3 Å². The fraction of sp³-hybridized carbons (Fsp3) is 0.944. The highest BCUT2D eigenvalue weighted by molar-refractivity contribution is 5.76. The highest BCUT2D eigenvalue weighted by atomic mass is 16.3. The first-order valence-corrected chi connectivity index (χ1v) is 8.78. The van der Waals surface area contributed by atoms with Crippen molar-refractivity contribution in [1.29, 1.82) is 0 Å². The summed E-state index contributed by atoms with van der Waals surface area (Å²) in [5.41, 5.74) is -0.602. The lowest BCUT2D eigenvalue weighted by molar-refractivity contribution is -0.134. The van der Waals surface area contributed by atoms with Crippen LogP contribution in [0.25, 0.3) is 0 Å². The van der Waals surface area contributed by atoms with Gasteiger partial charge in [-0.25, -0.2) is 0 Å². The zero-order chi connectivity index (χ0) is 17.0. The molecular formula is C18H36N2O2. The average Bonchev–Trinajstić information content (AvgIpc) is 2.43. The Morgan fingerprint density at radius 1 is 1.27 bits per heavy atom. The lowest BCUT2D eigenvalue weighted by Gasteiger charge is -2.36. The number of amides is 1. The van der Waals surface area contributed by atoms with Gasteiger partial charge in [-0.3, -0.25) is 4.79 Å². The van der Waals surface area contributed by atoms with E-state index >= 15 is 0 Å². The summed E-state index contributed by atoms with van der Waals surface area (Å²) < 4.78 is 0. The molecule has 22 heavy (non-hydrogen) atoms. The number of likely N-dealkylation sites (tertiary alicyclic amines) is 1. The van der Waals surface area contributed by atoms with Crippen LogP contribution in [0.3, 0.4) is 0 Å². The standard InChI is InChI=1S/C18H36N2O2/c1-7-14(2)18(6,22)13-19-15-8-10-20(11-9-15)16(21)12-17(3,4)5/h14-15,19,22H,7-13H2,1-6H3. The molecule has 2 unspecified atom stereocenters. The van der Waals surface area contributed by atoms with Gasteiger partial charge in [0.2, 0.25) is 5.91 Å². The van der Waals surface area contributed by atoms with Gasteiger partial charge in [0.1, 0.15) is 0 Å². The van der Waals surface area contributed by atoms with E-state index in [2.05, 4.69) is 39.9 Å². The minimum absolute atomic E-state index is 0.0567. The van der Waals surface area contributed by atoms with Crippen molar-refractivity contribution in [2.45, 2.75) is 78.9 Å². The number of hydrogen-bond donors (Lipinski definition) is 2. The largest absolute Gasteiger partial charge is 0.389 e. The van der Waals surface area contributed by atoms with E-state index in [0.29, 0.717) is 19.0 Å². The van der Waals surface area contributed by atoms with Crippen LogP contribution < -0.4 is 5.32 Å². The van der Waals surface area contributed by atoms with Crippen LogP contribution in [-0.2, 0) is 4.79 Å². The van der Waals surface area contributed by atoms with Crippen molar-refractivity contribution >= 4 is 5.91 Å². The maximum atomic E-state index is 12.2. The number of carbonyl (C=O) groups excluding carboxylic acids is 1. The van der Waals surface area contributed by atoms with Crippen molar-refractivity contribution in [2.75, 3.05) is 19.6 Å². The molecule has 0 aliphatic carbocycles. The van der Waals surface area contributed by atoms with E-state index in [-0.39, 0.29) is 17.2 Å². The third-order valence-electron chi connectivity index (χ3n) is 4.95. The molecule has 1 fully saturated rings. The quantitative estimate of drug-likeness (QED) is 0.793. The molecule has 2 N–H and O–H groups in total. The normalized spacial score (nSPS) is 21.5. The van der Waals surface area contributed by atoms with E-state index in [4.69, 9.17) is 0 Å². The van der Waals surface area contributed by atoms with Crippen molar-refractivity contribution < 1.29 is 9.90 Å². The lowest BCUT2D eigenvalue weighted by atomic mass is 9.88. The van der Waals surface area contributed by atoms with Crippen molar-refractivity contribution in [3.8, 4) is 0 Å². The molecule has 1 amide bonds. The Labute approximate surface area is 136 Å². The van der Waals surface area contributed by atoms with E-state index in [0.717, 1.165) is 32.4 Å². The van der Waals surface area contributed by atoms with Gasteiger partial charge < -0.3 is 15.3 Å². The molecule has 4 heteroatoms. The molecule has 130 valence electrons. The number of rotatable bonds is 6. The first-order chi connectivity index (χ1) is 10.0. The Balaban J connectivity index is 2.35. The number of nitrogens with zero attached hydrogens (tertiary/aromatic N) is 1. The number of nitrogens with one attached hydrogen (secondary N) is 1. The number of piperidine rings is 1. The molecule has 0 bridgehead atoms. The Morgan fingerprint density at radius 3 is 2.27 bits per heavy atom. The Morgan fingerprint density at radius 2 is 1.82 bits per heavy atom. The molecule has 0 radical (unpaired) electrons. The zero-order valence-corrected chi connectivity index (χ0v) is 15.4. The van der Waals surface area contributed by atoms with Crippen LogP contribution in [0.1, 0.15) is 67.2 Å². The molecule has 1 rings (SSSR count). The molecule has 1 aliphatic heterocycles. The predicted molar refractivity (Wildman–Crippen MR) is 91.8 cm³/mol. The Bertz CT molecular complexity index is 353. The Kier molecular flexibility index (Phi) is 6.87. The maximum absolute atomic E-state index is 12.2. The summed E-state index contributed by atoms with van der Waals surface area (Å²) in [6.45, 7) is 14.7. The van der Waals surface area contributed by atoms with E-state index in [1.54, 1.807) is 0 Å². The molecule has 2 atom stereocenters. The van der Waals surface area contributed by atoms with Crippen LogP contribution in [-0.4, -0.2) is 47.2 Å². The van der Waals surface area contributed by atoms with Gasteiger partial charge in [-0.1, -0.05) is 41.0 Å². The maximum Gasteiger partial charge on any atom is 0.223 e. The van der Waals surface area contributed by atoms with Crippen LogP contribution >= 0.6 is 0 Å². The molecule has 1 saturated heterocycles. The van der Waals surface area contributed by atoms with Crippen molar-refractivity contribution in [3.63, 3.8) is 0 Å². The second-order valence-corrected chi connectivity index (χ2v) is 8.44. The monoisotopic (exact) mass is 312 g/mol. The van der Waals surface area contributed by atoms with Crippen LogP contribution in [0.5, 0.6) is 0 Å². The van der Waals surface area contributed by atoms with Gasteiger partial charge >= 0.3 is 0 Å². The minimum Gasteiger partial charge on any atom is -0.389 e. The third kappa shape index (κ3) is 6.25. The van der Waals surface area contributed by atoms with Gasteiger partial charge in [0, 0.05) is 32.1 Å². The first kappa shape index (κ1) is 19.4. The van der Waals surface area contributed by atoms with Crippen LogP contribution in [0.15, 0.2) is 0 Å². The van der Waals surface area contributed by atoms with E-state index in [1.807, 2.05) is 11.8 Å². The molecule has 4 nitrogen and oxygen atoms in total. The van der Waals surface area contributed by atoms with Crippen LogP contribution in [0.2, 0.25) is 0 Å². The average molecular weight is 312 g/mol. The predicted octanol–water partition coefficient (Wildman–Crippen LogP) is 2.80. The second kappa shape index (κ2) is 7.78. The van der Waals surface area contributed by atoms with Gasteiger partial charge in [-0.2, -0.15) is 0 Å². The van der Waals surface area contributed by atoms with Crippen LogP contribution in [0, 0.1) is 11.3 Å². The first-order valence-electron chi connectivity index (χ1n) is 8.78. The smallest absolute Gasteiger partial charge is 0.223 e. The zero-order valence-electron chi connectivity index (χ0n) is 15.4. The minimum atomic E-state index is -0.659. The molecule has 0 spiro atoms. The topological polar surface area (TPSA) is 52.6 Å². The van der Waals surface area contributed by atoms with E-state index in [1.165, 1.54) is 0 Å². The van der Waals surface area contributed by atoms with E-state index in [9.17, 15) is 9.90 Å². The summed E-state index contributed by atoms with van der Waals surface area (Å²) >= 11 is 0. The van der Waals surface area contributed by atoms with Gasteiger partial charge in [-0.15, -0.1) is 0 Å². The summed E-state index contributed by atoms with van der Waals surface area (Å²) in [7, 11) is 0. The lowest BCUT2D eigenvalue weighted by Crippen LogP contribution is -2.50. The van der Waals surface area contributed by atoms with Gasteiger partial charge in [0.15, 0.2) is 0 Å². The fourth-order valence-electron chi connectivity index (χ4n) is 2.86. The summed E-state index contributed by atoms with van der Waals surface area (Å²) in [5, 5.41) is 14.0. The Hall–Kier alpha value is -0.610. The molecular weight excluding hydrogens is 276 g/mol. The SMILES string of the molecule is CCC(C)C(C)(O)CNC1CCN(C(=O)CC(C)(C)C)CC1. The van der Waals surface area contributed by atoms with Crippen molar-refractivity contribution in [1.82, 2.24) is 10.2 Å². The summed E-state index contributed by atoms with van der Waals surface area (Å²) in [6.07, 6.45) is 3.56. The molecule has 0 aromatic carbocycles. The number of hydrogen-bond acceptors (Lipinski definition) is 3. The highest BCUT2D eigenvalue weighted by Crippen LogP contribution is 2.23. The summed E-state index contributed by atoms with van der Waals surface area (Å²) in [6, 6.07) is 0.411. The highest BCUT2D eigenvalue weighted by Gasteiger charge is 2.30. The van der Waals surface area contributed by atoms with Crippen LogP contribution in [0.4, 0.5) is 0 Å². The van der Waals surface area contributed by atoms with E-state index < -0.39 is 5.60 Å².